The average Bonchev–Trinajstić information content (AvgIpc) is 2.79. The molecule has 0 bridgehead atoms. The van der Waals surface area contributed by atoms with E-state index in [9.17, 15) is 8.78 Å². The van der Waals surface area contributed by atoms with Crippen LogP contribution in [0.1, 0.15) is 75.3 Å². The van der Waals surface area contributed by atoms with E-state index in [2.05, 4.69) is 19.1 Å². The van der Waals surface area contributed by atoms with Crippen LogP contribution in [-0.2, 0) is 0 Å². The van der Waals surface area contributed by atoms with E-state index >= 15 is 0 Å². The summed E-state index contributed by atoms with van der Waals surface area (Å²) in [6, 6.07) is 11.5. The normalized spacial score (nSPS) is 25.9. The third-order valence-corrected chi connectivity index (χ3v) is 7.56. The quantitative estimate of drug-likeness (QED) is 0.448. The lowest BCUT2D eigenvalue weighted by Gasteiger charge is -2.42. The first-order valence-electron chi connectivity index (χ1n) is 11.7. The number of rotatable bonds is 5. The minimum absolute atomic E-state index is 0.0194. The van der Waals surface area contributed by atoms with Gasteiger partial charge >= 0.3 is 0 Å². The van der Waals surface area contributed by atoms with Gasteiger partial charge in [0, 0.05) is 5.56 Å². The second-order valence-corrected chi connectivity index (χ2v) is 9.40. The van der Waals surface area contributed by atoms with Gasteiger partial charge in [0.05, 0.1) is 5.56 Å². The van der Waals surface area contributed by atoms with Gasteiger partial charge in [-0.3, -0.25) is 0 Å². The minimum atomic E-state index is -0.608. The van der Waals surface area contributed by atoms with Gasteiger partial charge in [0.2, 0.25) is 0 Å². The van der Waals surface area contributed by atoms with Gasteiger partial charge in [0.15, 0.2) is 0 Å². The second kappa shape index (κ2) is 9.77. The fraction of sp³-hybridized carbons (Fsp3) is 0.464. The van der Waals surface area contributed by atoms with Crippen molar-refractivity contribution in [2.24, 2.45) is 17.8 Å². The van der Waals surface area contributed by atoms with E-state index in [-0.39, 0.29) is 11.4 Å². The number of fused-ring (bicyclic) bond motifs is 1. The van der Waals surface area contributed by atoms with Crippen LogP contribution in [0.15, 0.2) is 48.6 Å². The highest BCUT2D eigenvalue weighted by atomic mass is 19.1. The van der Waals surface area contributed by atoms with Gasteiger partial charge in [-0.1, -0.05) is 36.8 Å². The molecule has 2 fully saturated rings. The molecular weight excluding hydrogens is 388 g/mol. The molecule has 0 N–H and O–H groups in total. The van der Waals surface area contributed by atoms with E-state index in [1.807, 2.05) is 6.07 Å². The maximum atomic E-state index is 14.9. The SMILES string of the molecule is C/C=C/CCC1CCC2CC(c3ccc(-c4ccc(C#N)c(F)c4)c(F)c3)CCC2C1. The van der Waals surface area contributed by atoms with Crippen LogP contribution >= 0.6 is 0 Å². The molecule has 1 nitrogen and oxygen atoms in total. The molecule has 2 aliphatic rings. The van der Waals surface area contributed by atoms with Crippen LogP contribution < -0.4 is 0 Å². The predicted octanol–water partition coefficient (Wildman–Crippen LogP) is 8.16. The summed E-state index contributed by atoms with van der Waals surface area (Å²) in [5, 5.41) is 8.89. The molecule has 4 rings (SSSR count). The summed E-state index contributed by atoms with van der Waals surface area (Å²) < 4.78 is 28.9. The summed E-state index contributed by atoms with van der Waals surface area (Å²) in [5.41, 5.74) is 1.92. The lowest BCUT2D eigenvalue weighted by molar-refractivity contribution is 0.115. The topological polar surface area (TPSA) is 23.8 Å². The molecule has 31 heavy (non-hydrogen) atoms. The molecule has 2 aliphatic carbocycles. The predicted molar refractivity (Wildman–Crippen MR) is 121 cm³/mol. The third-order valence-electron chi connectivity index (χ3n) is 7.56. The van der Waals surface area contributed by atoms with Gasteiger partial charge in [-0.25, -0.2) is 8.78 Å². The van der Waals surface area contributed by atoms with Gasteiger partial charge in [0.25, 0.3) is 0 Å². The fourth-order valence-corrected chi connectivity index (χ4v) is 5.84. The minimum Gasteiger partial charge on any atom is -0.206 e. The Labute approximate surface area is 184 Å². The molecule has 162 valence electrons. The van der Waals surface area contributed by atoms with Crippen LogP contribution in [0.3, 0.4) is 0 Å². The smallest absolute Gasteiger partial charge is 0.141 e. The zero-order valence-corrected chi connectivity index (χ0v) is 18.3. The molecule has 0 amide bonds. The van der Waals surface area contributed by atoms with Crippen molar-refractivity contribution in [2.75, 3.05) is 0 Å². The third kappa shape index (κ3) is 4.90. The first-order valence-corrected chi connectivity index (χ1v) is 11.7. The van der Waals surface area contributed by atoms with Gasteiger partial charge < -0.3 is 0 Å². The van der Waals surface area contributed by atoms with Crippen LogP contribution in [0.5, 0.6) is 0 Å². The number of nitrogens with zero attached hydrogens (tertiary/aromatic N) is 1. The number of allylic oxidation sites excluding steroid dienone is 2. The van der Waals surface area contributed by atoms with Crippen molar-refractivity contribution < 1.29 is 8.78 Å². The Morgan fingerprint density at radius 2 is 1.77 bits per heavy atom. The average molecular weight is 420 g/mol. The summed E-state index contributed by atoms with van der Waals surface area (Å²) in [6.45, 7) is 2.09. The fourth-order valence-electron chi connectivity index (χ4n) is 5.84. The van der Waals surface area contributed by atoms with E-state index in [1.54, 1.807) is 24.3 Å². The van der Waals surface area contributed by atoms with Crippen LogP contribution in [0.25, 0.3) is 11.1 Å². The van der Waals surface area contributed by atoms with Crippen LogP contribution in [-0.4, -0.2) is 0 Å². The summed E-state index contributed by atoms with van der Waals surface area (Å²) >= 11 is 0. The molecule has 0 saturated heterocycles. The monoisotopic (exact) mass is 419 g/mol. The molecule has 0 heterocycles. The van der Waals surface area contributed by atoms with E-state index in [1.165, 1.54) is 50.7 Å². The van der Waals surface area contributed by atoms with Crippen molar-refractivity contribution in [1.29, 1.82) is 5.26 Å². The highest BCUT2D eigenvalue weighted by Crippen LogP contribution is 2.48. The van der Waals surface area contributed by atoms with Gasteiger partial charge in [-0.2, -0.15) is 5.26 Å². The first kappa shape index (κ1) is 21.8. The van der Waals surface area contributed by atoms with Crippen molar-refractivity contribution in [3.63, 3.8) is 0 Å². The highest BCUT2D eigenvalue weighted by Gasteiger charge is 2.35. The summed E-state index contributed by atoms with van der Waals surface area (Å²) in [5.74, 6) is 1.98. The van der Waals surface area contributed by atoms with Crippen molar-refractivity contribution >= 4 is 0 Å². The number of nitriles is 1. The zero-order chi connectivity index (χ0) is 21.8. The second-order valence-electron chi connectivity index (χ2n) is 9.40. The Kier molecular flexibility index (Phi) is 6.86. The van der Waals surface area contributed by atoms with Gasteiger partial charge in [-0.05, 0) is 105 Å². The van der Waals surface area contributed by atoms with Gasteiger partial charge in [0.1, 0.15) is 17.7 Å². The number of hydrogen-bond acceptors (Lipinski definition) is 1. The summed E-state index contributed by atoms with van der Waals surface area (Å²) in [6.07, 6.45) is 14.5. The highest BCUT2D eigenvalue weighted by molar-refractivity contribution is 5.65. The molecule has 0 aliphatic heterocycles. The van der Waals surface area contributed by atoms with Gasteiger partial charge in [-0.15, -0.1) is 0 Å². The Hall–Kier alpha value is -2.47. The molecule has 2 saturated carbocycles. The van der Waals surface area contributed by atoms with E-state index in [4.69, 9.17) is 5.26 Å². The van der Waals surface area contributed by atoms with Crippen molar-refractivity contribution in [3.05, 3.63) is 71.3 Å². The lowest BCUT2D eigenvalue weighted by Crippen LogP contribution is -2.30. The maximum Gasteiger partial charge on any atom is 0.141 e. The molecule has 4 unspecified atom stereocenters. The van der Waals surface area contributed by atoms with Crippen molar-refractivity contribution in [2.45, 2.75) is 64.2 Å². The molecule has 0 radical (unpaired) electrons. The molecule has 2 aromatic rings. The molecule has 0 spiro atoms. The maximum absolute atomic E-state index is 14.9. The van der Waals surface area contributed by atoms with Crippen LogP contribution in [0, 0.1) is 40.7 Å². The number of benzene rings is 2. The number of halogens is 2. The Balaban J connectivity index is 1.42. The van der Waals surface area contributed by atoms with Crippen LogP contribution in [0.2, 0.25) is 0 Å². The number of hydrogen-bond donors (Lipinski definition) is 0. The van der Waals surface area contributed by atoms with E-state index < -0.39 is 5.82 Å². The Morgan fingerprint density at radius 3 is 2.52 bits per heavy atom. The molecule has 3 heteroatoms. The molecule has 4 atom stereocenters. The summed E-state index contributed by atoms with van der Waals surface area (Å²) in [7, 11) is 0. The molecular formula is C28H31F2N. The van der Waals surface area contributed by atoms with E-state index in [0.29, 0.717) is 17.0 Å². The lowest BCUT2D eigenvalue weighted by atomic mass is 9.63. The Morgan fingerprint density at radius 1 is 0.968 bits per heavy atom. The first-order chi connectivity index (χ1) is 15.1. The molecule has 0 aromatic heterocycles. The van der Waals surface area contributed by atoms with Crippen molar-refractivity contribution in [1.82, 2.24) is 0 Å². The van der Waals surface area contributed by atoms with E-state index in [0.717, 1.165) is 36.2 Å². The zero-order valence-electron chi connectivity index (χ0n) is 18.3. The molecule has 2 aromatic carbocycles. The summed E-state index contributed by atoms with van der Waals surface area (Å²) in [4.78, 5) is 0. The largest absolute Gasteiger partial charge is 0.206 e. The van der Waals surface area contributed by atoms with Crippen molar-refractivity contribution in [3.8, 4) is 17.2 Å². The Bertz CT molecular complexity index is 987. The van der Waals surface area contributed by atoms with Crippen LogP contribution in [0.4, 0.5) is 8.78 Å². The standard InChI is InChI=1S/C28H31F2N/c1-2-3-4-5-19-6-7-21-15-22(9-8-20(21)14-19)23-12-13-26(28(30)16-23)24-10-11-25(18-31)27(29)17-24/h2-3,10-13,16-17,19-22H,4-9,14-15H2,1H3/b3-2+.